The summed E-state index contributed by atoms with van der Waals surface area (Å²) in [7, 11) is 0. The second-order valence-electron chi connectivity index (χ2n) is 8.14. The highest BCUT2D eigenvalue weighted by atomic mass is 32.2. The minimum Gasteiger partial charge on any atom is -0.454 e. The van der Waals surface area contributed by atoms with Crippen LogP contribution in [0.1, 0.15) is 39.2 Å². The van der Waals surface area contributed by atoms with Gasteiger partial charge in [-0.1, -0.05) is 6.07 Å². The van der Waals surface area contributed by atoms with Gasteiger partial charge in [0, 0.05) is 25.2 Å². The van der Waals surface area contributed by atoms with Gasteiger partial charge >= 0.3 is 0 Å². The third kappa shape index (κ3) is 4.43. The SMILES string of the molecule is C[C@@H]1CC[C@H](C)N1[C@H](C)C(=O)NCCN1C(=O)S/C(=C/c2ccc3c(c2)OCO3)C1=O. The van der Waals surface area contributed by atoms with Crippen molar-refractivity contribution in [3.05, 3.63) is 28.7 Å². The van der Waals surface area contributed by atoms with Crippen LogP contribution in [-0.4, -0.2) is 64.9 Å². The maximum atomic E-state index is 12.7. The second kappa shape index (κ2) is 8.92. The van der Waals surface area contributed by atoms with Crippen molar-refractivity contribution in [2.24, 2.45) is 0 Å². The summed E-state index contributed by atoms with van der Waals surface area (Å²) in [6.07, 6.45) is 3.85. The molecule has 3 aliphatic heterocycles. The van der Waals surface area contributed by atoms with Gasteiger partial charge in [0.15, 0.2) is 11.5 Å². The van der Waals surface area contributed by atoms with Crippen molar-refractivity contribution in [3.63, 3.8) is 0 Å². The van der Waals surface area contributed by atoms with Crippen molar-refractivity contribution in [1.82, 2.24) is 15.1 Å². The Kier molecular flexibility index (Phi) is 6.24. The summed E-state index contributed by atoms with van der Waals surface area (Å²) in [5, 5.41) is 2.54. The first-order valence-electron chi connectivity index (χ1n) is 10.6. The Morgan fingerprint density at radius 3 is 2.68 bits per heavy atom. The number of nitrogens with one attached hydrogen (secondary N) is 1. The lowest BCUT2D eigenvalue weighted by atomic mass is 10.2. The number of nitrogens with zero attached hydrogens (tertiary/aromatic N) is 2. The number of thioether (sulfide) groups is 1. The van der Waals surface area contributed by atoms with Crippen LogP contribution in [0.5, 0.6) is 11.5 Å². The Morgan fingerprint density at radius 2 is 1.94 bits per heavy atom. The molecule has 1 N–H and O–H groups in total. The van der Waals surface area contributed by atoms with Gasteiger partial charge in [0.25, 0.3) is 11.1 Å². The van der Waals surface area contributed by atoms with Crippen molar-refractivity contribution < 1.29 is 23.9 Å². The number of amides is 3. The molecule has 4 rings (SSSR count). The summed E-state index contributed by atoms with van der Waals surface area (Å²) in [5.41, 5.74) is 0.755. The number of rotatable bonds is 6. The molecule has 0 bridgehead atoms. The van der Waals surface area contributed by atoms with E-state index >= 15 is 0 Å². The molecule has 0 aromatic heterocycles. The highest BCUT2D eigenvalue weighted by Crippen LogP contribution is 2.36. The summed E-state index contributed by atoms with van der Waals surface area (Å²) in [6, 6.07) is 5.86. The zero-order valence-corrected chi connectivity index (χ0v) is 18.7. The molecule has 1 aromatic rings. The van der Waals surface area contributed by atoms with E-state index in [0.29, 0.717) is 28.5 Å². The van der Waals surface area contributed by atoms with Crippen LogP contribution >= 0.6 is 11.8 Å². The Hall–Kier alpha value is -2.52. The fourth-order valence-corrected chi connectivity index (χ4v) is 5.26. The topological polar surface area (TPSA) is 88.2 Å². The van der Waals surface area contributed by atoms with Crippen LogP contribution in [0, 0.1) is 0 Å². The fourth-order valence-electron chi connectivity index (χ4n) is 4.40. The maximum absolute atomic E-state index is 12.7. The molecule has 166 valence electrons. The molecule has 0 saturated carbocycles. The molecule has 2 saturated heterocycles. The molecule has 8 nitrogen and oxygen atoms in total. The molecule has 3 heterocycles. The number of fused-ring (bicyclic) bond motifs is 1. The smallest absolute Gasteiger partial charge is 0.293 e. The van der Waals surface area contributed by atoms with Crippen molar-refractivity contribution >= 4 is 34.9 Å². The lowest BCUT2D eigenvalue weighted by molar-refractivity contribution is -0.127. The Labute approximate surface area is 185 Å². The van der Waals surface area contributed by atoms with Gasteiger partial charge in [-0.05, 0) is 69.1 Å². The normalized spacial score (nSPS) is 25.5. The van der Waals surface area contributed by atoms with Crippen LogP contribution in [-0.2, 0) is 9.59 Å². The largest absolute Gasteiger partial charge is 0.454 e. The first-order valence-corrected chi connectivity index (χ1v) is 11.4. The molecule has 31 heavy (non-hydrogen) atoms. The molecule has 3 atom stereocenters. The molecular weight excluding hydrogens is 418 g/mol. The molecule has 9 heteroatoms. The number of imide groups is 1. The van der Waals surface area contributed by atoms with Crippen molar-refractivity contribution in [2.45, 2.75) is 51.7 Å². The van der Waals surface area contributed by atoms with Gasteiger partial charge in [0.1, 0.15) is 0 Å². The van der Waals surface area contributed by atoms with Gasteiger partial charge in [0.2, 0.25) is 12.7 Å². The molecule has 2 fully saturated rings. The minimum absolute atomic E-state index is 0.0801. The van der Waals surface area contributed by atoms with E-state index in [-0.39, 0.29) is 43.0 Å². The summed E-state index contributed by atoms with van der Waals surface area (Å²) in [5.74, 6) is 0.847. The molecule has 0 radical (unpaired) electrons. The maximum Gasteiger partial charge on any atom is 0.293 e. The monoisotopic (exact) mass is 445 g/mol. The van der Waals surface area contributed by atoms with Crippen LogP contribution in [0.2, 0.25) is 0 Å². The van der Waals surface area contributed by atoms with Crippen molar-refractivity contribution in [1.29, 1.82) is 0 Å². The highest BCUT2D eigenvalue weighted by Gasteiger charge is 2.36. The number of likely N-dealkylation sites (tertiary alicyclic amines) is 1. The molecule has 1 aromatic carbocycles. The van der Waals surface area contributed by atoms with Gasteiger partial charge in [-0.25, -0.2) is 0 Å². The van der Waals surface area contributed by atoms with Crippen LogP contribution in [0.3, 0.4) is 0 Å². The van der Waals surface area contributed by atoms with E-state index in [9.17, 15) is 14.4 Å². The number of benzene rings is 1. The first-order chi connectivity index (χ1) is 14.8. The van der Waals surface area contributed by atoms with Gasteiger partial charge in [0.05, 0.1) is 10.9 Å². The number of carbonyl (C=O) groups excluding carboxylic acids is 3. The summed E-state index contributed by atoms with van der Waals surface area (Å²) in [4.78, 5) is 41.4. The van der Waals surface area contributed by atoms with Crippen molar-refractivity contribution in [2.75, 3.05) is 19.9 Å². The van der Waals surface area contributed by atoms with E-state index in [2.05, 4.69) is 24.1 Å². The Balaban J connectivity index is 1.33. The van der Waals surface area contributed by atoms with E-state index in [1.54, 1.807) is 18.2 Å². The summed E-state index contributed by atoms with van der Waals surface area (Å²) in [6.45, 7) is 6.74. The highest BCUT2D eigenvalue weighted by molar-refractivity contribution is 8.18. The fraction of sp³-hybridized carbons (Fsp3) is 0.500. The van der Waals surface area contributed by atoms with Gasteiger partial charge < -0.3 is 14.8 Å². The first kappa shape index (κ1) is 21.7. The van der Waals surface area contributed by atoms with Crippen LogP contribution in [0.4, 0.5) is 4.79 Å². The Morgan fingerprint density at radius 1 is 1.23 bits per heavy atom. The third-order valence-electron chi connectivity index (χ3n) is 6.05. The average molecular weight is 446 g/mol. The van der Waals surface area contributed by atoms with Gasteiger partial charge in [-0.15, -0.1) is 0 Å². The Bertz CT molecular complexity index is 924. The number of hydrogen-bond acceptors (Lipinski definition) is 7. The standard InChI is InChI=1S/C22H27N3O5S/c1-13-4-5-14(2)25(13)15(3)20(26)23-8-9-24-21(27)19(31-22(24)28)11-16-6-7-17-18(10-16)30-12-29-17/h6-7,10-11,13-15H,4-5,8-9,12H2,1-3H3,(H,23,26)/b19-11+/t13-,14+,15-/m1/s1. The second-order valence-corrected chi connectivity index (χ2v) is 9.13. The van der Waals surface area contributed by atoms with E-state index in [1.807, 2.05) is 13.0 Å². The molecule has 0 spiro atoms. The number of carbonyl (C=O) groups is 3. The zero-order chi connectivity index (χ0) is 22.1. The van der Waals surface area contributed by atoms with Gasteiger partial charge in [-0.3, -0.25) is 24.2 Å². The number of ether oxygens (including phenoxy) is 2. The molecule has 3 aliphatic rings. The minimum atomic E-state index is -0.350. The predicted octanol–water partition coefficient (Wildman–Crippen LogP) is 2.83. The van der Waals surface area contributed by atoms with E-state index < -0.39 is 0 Å². The summed E-state index contributed by atoms with van der Waals surface area (Å²) >= 11 is 0.902. The lowest BCUT2D eigenvalue weighted by Gasteiger charge is -2.31. The predicted molar refractivity (Wildman–Crippen MR) is 118 cm³/mol. The number of hydrogen-bond donors (Lipinski definition) is 1. The molecule has 3 amide bonds. The van der Waals surface area contributed by atoms with Crippen molar-refractivity contribution in [3.8, 4) is 11.5 Å². The lowest BCUT2D eigenvalue weighted by Crippen LogP contribution is -2.50. The molecule has 0 aliphatic carbocycles. The van der Waals surface area contributed by atoms with Crippen LogP contribution in [0.15, 0.2) is 23.1 Å². The zero-order valence-electron chi connectivity index (χ0n) is 17.9. The quantitative estimate of drug-likeness (QED) is 0.674. The molecule has 0 unspecified atom stereocenters. The third-order valence-corrected chi connectivity index (χ3v) is 6.96. The van der Waals surface area contributed by atoms with E-state index in [1.165, 1.54) is 4.90 Å². The molecular formula is C22H27N3O5S. The van der Waals surface area contributed by atoms with Crippen LogP contribution in [0.25, 0.3) is 6.08 Å². The summed E-state index contributed by atoms with van der Waals surface area (Å²) < 4.78 is 10.6. The van der Waals surface area contributed by atoms with E-state index in [0.717, 1.165) is 30.2 Å². The van der Waals surface area contributed by atoms with E-state index in [4.69, 9.17) is 9.47 Å². The average Bonchev–Trinajstić information content (AvgIpc) is 3.41. The van der Waals surface area contributed by atoms with Gasteiger partial charge in [-0.2, -0.15) is 0 Å². The van der Waals surface area contributed by atoms with Crippen LogP contribution < -0.4 is 14.8 Å².